The predicted molar refractivity (Wildman–Crippen MR) is 133 cm³/mol. The average Bonchev–Trinajstić information content (AvgIpc) is 3.21. The summed E-state index contributed by atoms with van der Waals surface area (Å²) in [4.78, 5) is 25.1. The molecule has 174 valence electrons. The number of aromatic nitrogens is 3. The Kier molecular flexibility index (Phi) is 7.70. The highest BCUT2D eigenvalue weighted by Crippen LogP contribution is 2.31. The lowest BCUT2D eigenvalue weighted by Crippen LogP contribution is -2.21. The maximum atomic E-state index is 12.0. The van der Waals surface area contributed by atoms with Crippen molar-refractivity contribution in [3.8, 4) is 0 Å². The summed E-state index contributed by atoms with van der Waals surface area (Å²) in [5.74, 6) is 1.22. The van der Waals surface area contributed by atoms with E-state index in [0.717, 1.165) is 78.9 Å². The number of benzene rings is 1. The third kappa shape index (κ3) is 5.58. The van der Waals surface area contributed by atoms with Crippen molar-refractivity contribution < 1.29 is 9.53 Å². The fourth-order valence-electron chi connectivity index (χ4n) is 4.05. The van der Waals surface area contributed by atoms with E-state index in [-0.39, 0.29) is 5.97 Å². The van der Waals surface area contributed by atoms with Crippen LogP contribution in [0.5, 0.6) is 0 Å². The summed E-state index contributed by atoms with van der Waals surface area (Å²) in [7, 11) is 1.39. The Morgan fingerprint density at radius 2 is 2.06 bits per heavy atom. The first kappa shape index (κ1) is 22.9. The third-order valence-corrected chi connectivity index (χ3v) is 5.73. The Morgan fingerprint density at radius 3 is 2.85 bits per heavy atom. The van der Waals surface area contributed by atoms with Crippen molar-refractivity contribution in [2.45, 2.75) is 32.1 Å². The molecule has 0 saturated heterocycles. The van der Waals surface area contributed by atoms with E-state index in [4.69, 9.17) is 20.4 Å². The van der Waals surface area contributed by atoms with Crippen LogP contribution < -0.4 is 16.4 Å². The van der Waals surface area contributed by atoms with Crippen molar-refractivity contribution in [3.63, 3.8) is 0 Å². The van der Waals surface area contributed by atoms with Crippen LogP contribution in [0.2, 0.25) is 0 Å². The number of anilines is 1. The Morgan fingerprint density at radius 1 is 1.18 bits per heavy atom. The van der Waals surface area contributed by atoms with Gasteiger partial charge < -0.3 is 26.1 Å². The topological polar surface area (TPSA) is 118 Å². The van der Waals surface area contributed by atoms with Crippen molar-refractivity contribution in [2.24, 2.45) is 5.73 Å². The number of nitrogens with one attached hydrogen (secondary N) is 3. The number of nitrogens with zero attached hydrogens (tertiary/aromatic N) is 2. The summed E-state index contributed by atoms with van der Waals surface area (Å²) in [5.41, 5.74) is 8.88. The largest absolute Gasteiger partial charge is 0.465 e. The number of hydrogen-bond donors (Lipinski definition) is 4. The van der Waals surface area contributed by atoms with Crippen molar-refractivity contribution in [2.75, 3.05) is 38.6 Å². The fraction of sp³-hybridized carbons (Fsp3) is 0.400. The van der Waals surface area contributed by atoms with Gasteiger partial charge in [0.05, 0.1) is 18.1 Å². The monoisotopic (exact) mass is 448 g/mol. The van der Waals surface area contributed by atoms with E-state index >= 15 is 0 Å². The molecule has 0 fully saturated rings. The number of rotatable bonds is 11. The van der Waals surface area contributed by atoms with Crippen LogP contribution in [0, 0.1) is 0 Å². The molecule has 2 heterocycles. The van der Waals surface area contributed by atoms with Gasteiger partial charge in [0.25, 0.3) is 0 Å². The third-order valence-electron chi connectivity index (χ3n) is 5.73. The first-order chi connectivity index (χ1) is 16.2. The van der Waals surface area contributed by atoms with Gasteiger partial charge in [0, 0.05) is 23.9 Å². The van der Waals surface area contributed by atoms with E-state index in [1.54, 1.807) is 12.1 Å². The number of carbonyl (C=O) groups excluding carboxylic acids is 1. The van der Waals surface area contributed by atoms with E-state index in [0.29, 0.717) is 18.5 Å². The van der Waals surface area contributed by atoms with Gasteiger partial charge in [-0.15, -0.1) is 0 Å². The molecule has 0 aliphatic heterocycles. The average molecular weight is 449 g/mol. The molecule has 2 aromatic heterocycles. The lowest BCUT2D eigenvalue weighted by molar-refractivity contribution is 0.0601. The van der Waals surface area contributed by atoms with Crippen molar-refractivity contribution >= 4 is 33.7 Å². The second-order valence-electron chi connectivity index (χ2n) is 8.20. The first-order valence-electron chi connectivity index (χ1n) is 11.6. The molecule has 0 saturated carbocycles. The van der Waals surface area contributed by atoms with Crippen LogP contribution in [0.15, 0.2) is 42.0 Å². The Hall–Kier alpha value is -3.23. The maximum Gasteiger partial charge on any atom is 0.337 e. The van der Waals surface area contributed by atoms with E-state index in [9.17, 15) is 4.79 Å². The summed E-state index contributed by atoms with van der Waals surface area (Å²) < 4.78 is 4.87. The Labute approximate surface area is 193 Å². The number of esters is 1. The van der Waals surface area contributed by atoms with Crippen LogP contribution in [-0.4, -0.2) is 54.2 Å². The molecule has 33 heavy (non-hydrogen) atoms. The van der Waals surface area contributed by atoms with Crippen molar-refractivity contribution in [1.82, 2.24) is 20.3 Å². The molecule has 8 heteroatoms. The number of nitrogens with two attached hydrogens (primary N) is 1. The summed E-state index contributed by atoms with van der Waals surface area (Å²) in [6, 6.07) is 5.51. The molecule has 1 aromatic carbocycles. The summed E-state index contributed by atoms with van der Waals surface area (Å²) in [6.07, 6.45) is 11.4. The number of hydrogen-bond acceptors (Lipinski definition) is 7. The second-order valence-corrected chi connectivity index (χ2v) is 8.20. The predicted octanol–water partition coefficient (Wildman–Crippen LogP) is 3.46. The first-order valence-corrected chi connectivity index (χ1v) is 11.6. The molecule has 3 aromatic rings. The molecule has 5 N–H and O–H groups in total. The van der Waals surface area contributed by atoms with Crippen molar-refractivity contribution in [3.05, 3.63) is 53.4 Å². The number of allylic oxidation sites excluding steroid dienone is 4. The van der Waals surface area contributed by atoms with Crippen LogP contribution in [-0.2, 0) is 11.2 Å². The molecule has 0 atom stereocenters. The van der Waals surface area contributed by atoms with Crippen LogP contribution in [0.1, 0.15) is 41.9 Å². The number of ether oxygens (including phenoxy) is 1. The van der Waals surface area contributed by atoms with Gasteiger partial charge in [0.15, 0.2) is 0 Å². The second kappa shape index (κ2) is 11.1. The lowest BCUT2D eigenvalue weighted by Gasteiger charge is -2.11. The highest BCUT2D eigenvalue weighted by atomic mass is 16.5. The van der Waals surface area contributed by atoms with Gasteiger partial charge in [-0.05, 0) is 63.0 Å². The number of carbonyl (C=O) groups is 1. The quantitative estimate of drug-likeness (QED) is 0.262. The summed E-state index contributed by atoms with van der Waals surface area (Å²) in [6.45, 7) is 3.35. The zero-order chi connectivity index (χ0) is 23.0. The highest BCUT2D eigenvalue weighted by molar-refractivity contribution is 6.12. The molecule has 0 bridgehead atoms. The number of aromatic amines is 1. The number of fused-ring (bicyclic) bond motifs is 3. The molecule has 0 unspecified atom stereocenters. The van der Waals surface area contributed by atoms with Crippen LogP contribution in [0.3, 0.4) is 0 Å². The zero-order valence-corrected chi connectivity index (χ0v) is 19.1. The van der Waals surface area contributed by atoms with E-state index in [1.807, 2.05) is 6.07 Å². The SMILES string of the molecule is COC(=O)c1ccc2c(c1)[nH]c1nc(CC3=CCCC=C3)nc(NCCCNCCCN)c12. The molecule has 0 spiro atoms. The van der Waals surface area contributed by atoms with E-state index in [1.165, 1.54) is 12.7 Å². The van der Waals surface area contributed by atoms with Crippen LogP contribution >= 0.6 is 0 Å². The van der Waals surface area contributed by atoms with Gasteiger partial charge >= 0.3 is 5.97 Å². The molecule has 1 aliphatic carbocycles. The van der Waals surface area contributed by atoms with Gasteiger partial charge in [0.1, 0.15) is 17.3 Å². The van der Waals surface area contributed by atoms with Gasteiger partial charge in [-0.3, -0.25) is 0 Å². The van der Waals surface area contributed by atoms with Gasteiger partial charge in [-0.25, -0.2) is 14.8 Å². The lowest BCUT2D eigenvalue weighted by atomic mass is 10.0. The van der Waals surface area contributed by atoms with Gasteiger partial charge in [-0.1, -0.05) is 24.3 Å². The van der Waals surface area contributed by atoms with Gasteiger partial charge in [0.2, 0.25) is 0 Å². The number of methoxy groups -OCH3 is 1. The maximum absolute atomic E-state index is 12.0. The molecule has 4 rings (SSSR count). The van der Waals surface area contributed by atoms with Crippen molar-refractivity contribution in [1.29, 1.82) is 0 Å². The standard InChI is InChI=1S/C25H32N6O2/c1-33-25(32)18-9-10-19-20(16-18)29-24-22(19)23(28-14-6-13-27-12-5-11-26)30-21(31-24)15-17-7-3-2-4-8-17/h3,7-10,16,27H,2,4-6,11-15,26H2,1H3,(H2,28,29,30,31). The molecule has 1 aliphatic rings. The molecular weight excluding hydrogens is 416 g/mol. The van der Waals surface area contributed by atoms with E-state index < -0.39 is 0 Å². The highest BCUT2D eigenvalue weighted by Gasteiger charge is 2.16. The Balaban J connectivity index is 1.62. The molecule has 0 radical (unpaired) electrons. The molecular formula is C25H32N6O2. The number of H-pyrrole nitrogens is 1. The Bertz CT molecular complexity index is 1180. The van der Waals surface area contributed by atoms with Crippen LogP contribution in [0.4, 0.5) is 5.82 Å². The fourth-order valence-corrected chi connectivity index (χ4v) is 4.05. The minimum Gasteiger partial charge on any atom is -0.465 e. The summed E-state index contributed by atoms with van der Waals surface area (Å²) >= 11 is 0. The van der Waals surface area contributed by atoms with E-state index in [2.05, 4.69) is 33.8 Å². The normalized spacial score (nSPS) is 13.5. The summed E-state index contributed by atoms with van der Waals surface area (Å²) in [5, 5.41) is 8.84. The van der Waals surface area contributed by atoms with Gasteiger partial charge in [-0.2, -0.15) is 0 Å². The van der Waals surface area contributed by atoms with Crippen LogP contribution in [0.25, 0.3) is 21.9 Å². The zero-order valence-electron chi connectivity index (χ0n) is 19.1. The minimum atomic E-state index is -0.362. The molecule has 0 amide bonds. The minimum absolute atomic E-state index is 0.362. The smallest absolute Gasteiger partial charge is 0.337 e. The molecule has 8 nitrogen and oxygen atoms in total.